The number of alkyl halides is 3. The summed E-state index contributed by atoms with van der Waals surface area (Å²) in [7, 11) is 0. The van der Waals surface area contributed by atoms with Gasteiger partial charge < -0.3 is 5.32 Å². The van der Waals surface area contributed by atoms with Crippen LogP contribution in [-0.2, 0) is 6.18 Å². The van der Waals surface area contributed by atoms with Crippen molar-refractivity contribution in [3.8, 4) is 0 Å². The summed E-state index contributed by atoms with van der Waals surface area (Å²) in [5, 5.41) is 2.15. The van der Waals surface area contributed by atoms with Crippen LogP contribution in [0.1, 0.15) is 28.4 Å². The number of rotatable bonds is 4. The minimum absolute atomic E-state index is 0.407. The van der Waals surface area contributed by atoms with Gasteiger partial charge in [-0.25, -0.2) is 9.37 Å². The average molecular weight is 304 g/mol. The van der Waals surface area contributed by atoms with E-state index in [-0.39, 0.29) is 0 Å². The Hall–Kier alpha value is -1.47. The lowest BCUT2D eigenvalue weighted by atomic mass is 10.1. The fraction of sp³-hybridized carbons (Fsp3) is 0.308. The smallest absolute Gasteiger partial charge is 0.306 e. The lowest BCUT2D eigenvalue weighted by Crippen LogP contribution is -2.21. The zero-order valence-corrected chi connectivity index (χ0v) is 11.4. The first kappa shape index (κ1) is 14.9. The van der Waals surface area contributed by atoms with Crippen LogP contribution in [0, 0.1) is 5.82 Å². The predicted molar refractivity (Wildman–Crippen MR) is 69.0 cm³/mol. The molecule has 0 fully saturated rings. The molecule has 1 unspecified atom stereocenters. The first-order valence-electron chi connectivity index (χ1n) is 5.93. The first-order chi connectivity index (χ1) is 9.41. The highest BCUT2D eigenvalue weighted by Crippen LogP contribution is 2.36. The quantitative estimate of drug-likeness (QED) is 0.864. The molecule has 0 aliphatic heterocycles. The Balaban J connectivity index is 2.36. The average Bonchev–Trinajstić information content (AvgIpc) is 2.85. The molecule has 0 aliphatic rings. The van der Waals surface area contributed by atoms with Crippen LogP contribution in [0.3, 0.4) is 0 Å². The third-order valence-corrected chi connectivity index (χ3v) is 3.75. The van der Waals surface area contributed by atoms with Crippen molar-refractivity contribution in [1.29, 1.82) is 0 Å². The van der Waals surface area contributed by atoms with Crippen LogP contribution in [-0.4, -0.2) is 11.5 Å². The summed E-state index contributed by atoms with van der Waals surface area (Å²) >= 11 is 0.568. The van der Waals surface area contributed by atoms with E-state index in [4.69, 9.17) is 0 Å². The van der Waals surface area contributed by atoms with Crippen LogP contribution >= 0.6 is 11.3 Å². The van der Waals surface area contributed by atoms with E-state index in [1.807, 2.05) is 6.92 Å². The molecule has 1 aromatic carbocycles. The number of hydrogen-bond donors (Lipinski definition) is 1. The minimum atomic E-state index is -4.46. The van der Waals surface area contributed by atoms with E-state index in [0.29, 0.717) is 28.3 Å². The Morgan fingerprint density at radius 2 is 2.10 bits per heavy atom. The summed E-state index contributed by atoms with van der Waals surface area (Å²) < 4.78 is 51.0. The number of aromatic nitrogens is 1. The Kier molecular flexibility index (Phi) is 4.39. The monoisotopic (exact) mass is 304 g/mol. The highest BCUT2D eigenvalue weighted by Gasteiger charge is 2.35. The van der Waals surface area contributed by atoms with Gasteiger partial charge in [0, 0.05) is 11.1 Å². The maximum Gasteiger partial charge on any atom is 0.443 e. The number of benzene rings is 1. The molecule has 7 heteroatoms. The van der Waals surface area contributed by atoms with Crippen molar-refractivity contribution in [3.05, 3.63) is 51.7 Å². The van der Waals surface area contributed by atoms with Crippen molar-refractivity contribution >= 4 is 11.3 Å². The second kappa shape index (κ2) is 5.88. The van der Waals surface area contributed by atoms with Crippen LogP contribution in [0.5, 0.6) is 0 Å². The van der Waals surface area contributed by atoms with Crippen molar-refractivity contribution in [2.75, 3.05) is 6.54 Å². The van der Waals surface area contributed by atoms with E-state index in [1.54, 1.807) is 6.07 Å². The molecule has 0 bridgehead atoms. The Labute approximate surface area is 117 Å². The maximum atomic E-state index is 13.3. The van der Waals surface area contributed by atoms with Gasteiger partial charge in [-0.05, 0) is 24.2 Å². The first-order valence-corrected chi connectivity index (χ1v) is 6.75. The van der Waals surface area contributed by atoms with E-state index in [9.17, 15) is 17.6 Å². The second-order valence-corrected chi connectivity index (χ2v) is 5.17. The topological polar surface area (TPSA) is 24.9 Å². The standard InChI is InChI=1S/C13H12F4N2S/c1-2-18-11(8-4-3-5-9(14)6-8)10-7-19-12(20-10)13(15,16)17/h3-7,11,18H,2H2,1H3. The molecular formula is C13H12F4N2S. The van der Waals surface area contributed by atoms with E-state index in [2.05, 4.69) is 10.3 Å². The lowest BCUT2D eigenvalue weighted by Gasteiger charge is -2.16. The van der Waals surface area contributed by atoms with Gasteiger partial charge in [-0.15, -0.1) is 11.3 Å². The van der Waals surface area contributed by atoms with Gasteiger partial charge in [-0.2, -0.15) is 13.2 Å². The minimum Gasteiger partial charge on any atom is -0.306 e. The SMILES string of the molecule is CCNC(c1cccc(F)c1)c1cnc(C(F)(F)F)s1. The summed E-state index contributed by atoms with van der Waals surface area (Å²) in [5.41, 5.74) is 0.573. The van der Waals surface area contributed by atoms with Gasteiger partial charge in [-0.1, -0.05) is 19.1 Å². The van der Waals surface area contributed by atoms with Gasteiger partial charge in [0.05, 0.1) is 6.04 Å². The van der Waals surface area contributed by atoms with Crippen molar-refractivity contribution in [2.45, 2.75) is 19.1 Å². The summed E-state index contributed by atoms with van der Waals surface area (Å²) in [6.07, 6.45) is -3.27. The third-order valence-electron chi connectivity index (χ3n) is 2.64. The summed E-state index contributed by atoms with van der Waals surface area (Å²) in [4.78, 5) is 3.81. The van der Waals surface area contributed by atoms with Crippen LogP contribution in [0.4, 0.5) is 17.6 Å². The molecule has 1 N–H and O–H groups in total. The lowest BCUT2D eigenvalue weighted by molar-refractivity contribution is -0.137. The van der Waals surface area contributed by atoms with Gasteiger partial charge in [0.1, 0.15) is 5.82 Å². The Bertz CT molecular complexity index is 580. The van der Waals surface area contributed by atoms with E-state index >= 15 is 0 Å². The molecule has 1 atom stereocenters. The molecule has 2 nitrogen and oxygen atoms in total. The van der Waals surface area contributed by atoms with Crippen molar-refractivity contribution < 1.29 is 17.6 Å². The summed E-state index contributed by atoms with van der Waals surface area (Å²) in [5.74, 6) is -0.425. The number of thiazole rings is 1. The summed E-state index contributed by atoms with van der Waals surface area (Å²) in [6, 6.07) is 5.30. The van der Waals surface area contributed by atoms with Crippen LogP contribution in [0.15, 0.2) is 30.5 Å². The van der Waals surface area contributed by atoms with Crippen molar-refractivity contribution in [1.82, 2.24) is 10.3 Å². The predicted octanol–water partition coefficient (Wildman–Crippen LogP) is 4.00. The molecule has 0 spiro atoms. The largest absolute Gasteiger partial charge is 0.443 e. The molecule has 0 amide bonds. The molecule has 0 aliphatic carbocycles. The Morgan fingerprint density at radius 3 is 2.65 bits per heavy atom. The normalized spacial score (nSPS) is 13.4. The molecule has 20 heavy (non-hydrogen) atoms. The fourth-order valence-electron chi connectivity index (χ4n) is 1.82. The molecule has 1 aromatic heterocycles. The molecule has 1 heterocycles. The van der Waals surface area contributed by atoms with Crippen LogP contribution < -0.4 is 5.32 Å². The third kappa shape index (κ3) is 3.34. The van der Waals surface area contributed by atoms with Crippen LogP contribution in [0.2, 0.25) is 0 Å². The van der Waals surface area contributed by atoms with E-state index in [0.717, 1.165) is 0 Å². The van der Waals surface area contributed by atoms with Crippen molar-refractivity contribution in [2.24, 2.45) is 0 Å². The molecule has 2 rings (SSSR count). The van der Waals surface area contributed by atoms with Gasteiger partial charge in [0.15, 0.2) is 5.01 Å². The highest BCUT2D eigenvalue weighted by atomic mass is 32.1. The van der Waals surface area contributed by atoms with E-state index < -0.39 is 23.0 Å². The number of halogens is 4. The van der Waals surface area contributed by atoms with Gasteiger partial charge >= 0.3 is 6.18 Å². The van der Waals surface area contributed by atoms with E-state index in [1.165, 1.54) is 24.4 Å². The van der Waals surface area contributed by atoms with Gasteiger partial charge in [-0.3, -0.25) is 0 Å². The van der Waals surface area contributed by atoms with Gasteiger partial charge in [0.2, 0.25) is 0 Å². The molecular weight excluding hydrogens is 292 g/mol. The Morgan fingerprint density at radius 1 is 1.35 bits per heavy atom. The molecule has 0 saturated carbocycles. The molecule has 0 radical (unpaired) electrons. The fourth-order valence-corrected chi connectivity index (χ4v) is 2.71. The maximum absolute atomic E-state index is 13.3. The zero-order valence-electron chi connectivity index (χ0n) is 10.5. The highest BCUT2D eigenvalue weighted by molar-refractivity contribution is 7.11. The number of nitrogens with one attached hydrogen (secondary N) is 1. The molecule has 108 valence electrons. The zero-order chi connectivity index (χ0) is 14.8. The second-order valence-electron chi connectivity index (χ2n) is 4.11. The summed E-state index contributed by atoms with van der Waals surface area (Å²) in [6.45, 7) is 2.37. The molecule has 2 aromatic rings. The number of nitrogens with zero attached hydrogens (tertiary/aromatic N) is 1. The van der Waals surface area contributed by atoms with Gasteiger partial charge in [0.25, 0.3) is 0 Å². The van der Waals surface area contributed by atoms with Crippen molar-refractivity contribution in [3.63, 3.8) is 0 Å². The van der Waals surface area contributed by atoms with Crippen LogP contribution in [0.25, 0.3) is 0 Å². The molecule has 0 saturated heterocycles. The number of hydrogen-bond acceptors (Lipinski definition) is 3.